The molecule has 0 spiro atoms. The highest BCUT2D eigenvalue weighted by atomic mass is 19.4. The number of alkyl halides is 3. The number of rotatable bonds is 6. The highest BCUT2D eigenvalue weighted by molar-refractivity contribution is 6.52. The molecule has 0 saturated carbocycles. The van der Waals surface area contributed by atoms with Gasteiger partial charge in [0.1, 0.15) is 11.9 Å². The molecule has 0 bridgehead atoms. The minimum absolute atomic E-state index is 0.108. The van der Waals surface area contributed by atoms with Gasteiger partial charge >= 0.3 is 6.18 Å². The number of amides is 2. The molecule has 234 valence electrons. The maximum atomic E-state index is 13.6. The lowest BCUT2D eigenvalue weighted by atomic mass is 9.86. The number of carbonyl (C=O) groups excluding carboxylic acids is 3. The predicted molar refractivity (Wildman–Crippen MR) is 172 cm³/mol. The second-order valence-electron chi connectivity index (χ2n) is 11.4. The number of nitrogen functional groups attached to an aromatic ring is 1. The number of Topliss-reactive ketones (excluding diaryl/α,β-unsaturated/α-hetero) is 1. The van der Waals surface area contributed by atoms with Gasteiger partial charge < -0.3 is 20.7 Å². The Kier molecular flexibility index (Phi) is 7.27. The maximum absolute atomic E-state index is 13.6. The van der Waals surface area contributed by atoms with Crippen LogP contribution in [0.1, 0.15) is 39.6 Å². The van der Waals surface area contributed by atoms with Crippen molar-refractivity contribution in [3.63, 3.8) is 0 Å². The topological polar surface area (TPSA) is 102 Å². The SMILES string of the molecule is Nc1ccc(-c2ccc(NC(=O)CC3Oc4ccccc4-c4ccc5c(c43)C(=O)C(=O)N5Cc3ccc(C(F)(F)F)cc3)cc2)cc1. The van der Waals surface area contributed by atoms with Crippen molar-refractivity contribution in [2.75, 3.05) is 16.0 Å². The van der Waals surface area contributed by atoms with E-state index in [1.165, 1.54) is 17.0 Å². The van der Waals surface area contributed by atoms with Gasteiger partial charge in [0.15, 0.2) is 0 Å². The average Bonchev–Trinajstić information content (AvgIpc) is 3.30. The lowest BCUT2D eigenvalue weighted by Crippen LogP contribution is -2.29. The third-order valence-corrected chi connectivity index (χ3v) is 8.35. The molecule has 1 unspecified atom stereocenters. The molecule has 2 aliphatic heterocycles. The number of ketones is 1. The van der Waals surface area contributed by atoms with Gasteiger partial charge in [-0.2, -0.15) is 13.2 Å². The summed E-state index contributed by atoms with van der Waals surface area (Å²) in [4.78, 5) is 41.5. The van der Waals surface area contributed by atoms with Crippen LogP contribution in [0, 0.1) is 0 Å². The fourth-order valence-electron chi connectivity index (χ4n) is 6.07. The fourth-order valence-corrected chi connectivity index (χ4v) is 6.07. The van der Waals surface area contributed by atoms with Gasteiger partial charge in [-0.3, -0.25) is 14.4 Å². The molecule has 2 heterocycles. The summed E-state index contributed by atoms with van der Waals surface area (Å²) in [6, 6.07) is 29.9. The molecular formula is C37H26F3N3O4. The molecule has 0 fully saturated rings. The lowest BCUT2D eigenvalue weighted by molar-refractivity contribution is -0.137. The Labute approximate surface area is 267 Å². The minimum atomic E-state index is -4.50. The number of nitrogens with one attached hydrogen (secondary N) is 1. The van der Waals surface area contributed by atoms with E-state index < -0.39 is 29.5 Å². The number of ether oxygens (including phenoxy) is 1. The number of para-hydroxylation sites is 1. The molecule has 7 nitrogen and oxygen atoms in total. The zero-order valence-electron chi connectivity index (χ0n) is 24.7. The molecule has 3 N–H and O–H groups in total. The van der Waals surface area contributed by atoms with Crippen LogP contribution >= 0.6 is 0 Å². The van der Waals surface area contributed by atoms with Gasteiger partial charge in [0.2, 0.25) is 5.91 Å². The van der Waals surface area contributed by atoms with E-state index in [1.54, 1.807) is 36.4 Å². The van der Waals surface area contributed by atoms with Crippen LogP contribution in [0.2, 0.25) is 0 Å². The zero-order valence-corrected chi connectivity index (χ0v) is 24.7. The molecule has 47 heavy (non-hydrogen) atoms. The first kappa shape index (κ1) is 29.8. The largest absolute Gasteiger partial charge is 0.484 e. The number of nitrogens with two attached hydrogens (primary N) is 1. The van der Waals surface area contributed by atoms with Gasteiger partial charge in [-0.1, -0.05) is 60.7 Å². The van der Waals surface area contributed by atoms with Crippen LogP contribution in [0.25, 0.3) is 22.3 Å². The molecule has 5 aromatic rings. The number of carbonyl (C=O) groups is 3. The highest BCUT2D eigenvalue weighted by Crippen LogP contribution is 2.49. The maximum Gasteiger partial charge on any atom is 0.416 e. The van der Waals surface area contributed by atoms with Crippen molar-refractivity contribution in [1.82, 2.24) is 0 Å². The quantitative estimate of drug-likeness (QED) is 0.147. The monoisotopic (exact) mass is 633 g/mol. The van der Waals surface area contributed by atoms with Crippen LogP contribution in [0.15, 0.2) is 109 Å². The number of hydrogen-bond acceptors (Lipinski definition) is 5. The van der Waals surface area contributed by atoms with E-state index in [2.05, 4.69) is 5.32 Å². The summed E-state index contributed by atoms with van der Waals surface area (Å²) in [6.07, 6.45) is -5.55. The van der Waals surface area contributed by atoms with Crippen molar-refractivity contribution in [2.24, 2.45) is 0 Å². The summed E-state index contributed by atoms with van der Waals surface area (Å²) >= 11 is 0. The molecule has 0 aromatic heterocycles. The Morgan fingerprint density at radius 2 is 1.47 bits per heavy atom. The van der Waals surface area contributed by atoms with Crippen molar-refractivity contribution in [3.8, 4) is 28.0 Å². The number of hydrogen-bond donors (Lipinski definition) is 2. The van der Waals surface area contributed by atoms with E-state index in [0.717, 1.165) is 23.3 Å². The summed E-state index contributed by atoms with van der Waals surface area (Å²) < 4.78 is 45.6. The summed E-state index contributed by atoms with van der Waals surface area (Å²) in [5, 5.41) is 2.89. The Hall–Kier alpha value is -5.90. The number of nitrogens with zero attached hydrogens (tertiary/aromatic N) is 1. The second kappa shape index (κ2) is 11.5. The van der Waals surface area contributed by atoms with E-state index in [0.29, 0.717) is 45.1 Å². The zero-order chi connectivity index (χ0) is 32.9. The Bertz CT molecular complexity index is 2040. The van der Waals surface area contributed by atoms with Gasteiger partial charge in [-0.15, -0.1) is 0 Å². The lowest BCUT2D eigenvalue weighted by Gasteiger charge is -2.30. The van der Waals surface area contributed by atoms with Gasteiger partial charge in [0.05, 0.1) is 29.8 Å². The summed E-state index contributed by atoms with van der Waals surface area (Å²) in [7, 11) is 0. The number of anilines is 3. The Balaban J connectivity index is 1.18. The highest BCUT2D eigenvalue weighted by Gasteiger charge is 2.43. The molecule has 7 rings (SSSR count). The molecule has 10 heteroatoms. The van der Waals surface area contributed by atoms with Gasteiger partial charge in [-0.25, -0.2) is 0 Å². The standard InChI is InChI=1S/C37H26F3N3O4/c38-37(39,40)24-11-5-21(6-12-24)20-43-29-18-17-28-27-3-1-2-4-30(27)47-31(33(28)34(29)35(45)36(43)46)19-32(44)42-26-15-9-23(10-16-26)22-7-13-25(41)14-8-22/h1-18,31H,19-20,41H2,(H,42,44). The van der Waals surface area contributed by atoms with Crippen molar-refractivity contribution in [1.29, 1.82) is 0 Å². The summed E-state index contributed by atoms with van der Waals surface area (Å²) in [6.45, 7) is -0.108. The molecule has 0 radical (unpaired) electrons. The van der Waals surface area contributed by atoms with E-state index in [4.69, 9.17) is 10.5 Å². The van der Waals surface area contributed by atoms with E-state index >= 15 is 0 Å². The normalized spacial score (nSPS) is 15.0. The average molecular weight is 634 g/mol. The van der Waals surface area contributed by atoms with Gasteiger partial charge in [0.25, 0.3) is 11.7 Å². The van der Waals surface area contributed by atoms with Crippen molar-refractivity contribution >= 4 is 34.7 Å². The Morgan fingerprint density at radius 1 is 0.809 bits per heavy atom. The molecule has 2 aliphatic rings. The van der Waals surface area contributed by atoms with Crippen molar-refractivity contribution < 1.29 is 32.3 Å². The first-order valence-electron chi connectivity index (χ1n) is 14.8. The van der Waals surface area contributed by atoms with Crippen molar-refractivity contribution in [3.05, 3.63) is 131 Å². The van der Waals surface area contributed by atoms with E-state index in [-0.39, 0.29) is 24.4 Å². The number of halogens is 3. The molecule has 0 saturated heterocycles. The first-order chi connectivity index (χ1) is 22.6. The van der Waals surface area contributed by atoms with Gasteiger partial charge in [0, 0.05) is 22.5 Å². The summed E-state index contributed by atoms with van der Waals surface area (Å²) in [5.74, 6) is -1.41. The predicted octanol–water partition coefficient (Wildman–Crippen LogP) is 7.81. The van der Waals surface area contributed by atoms with E-state index in [9.17, 15) is 27.6 Å². The van der Waals surface area contributed by atoms with Crippen LogP contribution in [-0.2, 0) is 22.3 Å². The fraction of sp³-hybridized carbons (Fsp3) is 0.108. The van der Waals surface area contributed by atoms with Crippen LogP contribution in [0.5, 0.6) is 5.75 Å². The van der Waals surface area contributed by atoms with Gasteiger partial charge in [-0.05, 0) is 70.8 Å². The molecule has 5 aromatic carbocycles. The summed E-state index contributed by atoms with van der Waals surface area (Å²) in [5.41, 5.74) is 10.8. The molecule has 1 atom stereocenters. The Morgan fingerprint density at radius 3 is 2.15 bits per heavy atom. The van der Waals surface area contributed by atoms with E-state index in [1.807, 2.05) is 48.5 Å². The smallest absolute Gasteiger partial charge is 0.416 e. The number of benzene rings is 5. The molecule has 2 amide bonds. The third-order valence-electron chi connectivity index (χ3n) is 8.35. The van der Waals surface area contributed by atoms with Crippen LogP contribution in [-0.4, -0.2) is 17.6 Å². The second-order valence-corrected chi connectivity index (χ2v) is 11.4. The molecular weight excluding hydrogens is 607 g/mol. The third kappa shape index (κ3) is 5.58. The first-order valence-corrected chi connectivity index (χ1v) is 14.8. The van der Waals surface area contributed by atoms with Crippen LogP contribution in [0.4, 0.5) is 30.2 Å². The van der Waals surface area contributed by atoms with Crippen LogP contribution < -0.4 is 20.7 Å². The van der Waals surface area contributed by atoms with Crippen LogP contribution in [0.3, 0.4) is 0 Å². The molecule has 0 aliphatic carbocycles. The van der Waals surface area contributed by atoms with Crippen molar-refractivity contribution in [2.45, 2.75) is 25.2 Å². The number of fused-ring (bicyclic) bond motifs is 5. The minimum Gasteiger partial charge on any atom is -0.484 e.